The monoisotopic (exact) mass is 745 g/mol. The lowest BCUT2D eigenvalue weighted by atomic mass is 9.71. The number of benzene rings is 2. The molecule has 4 saturated heterocycles. The summed E-state index contributed by atoms with van der Waals surface area (Å²) in [4.78, 5) is 17.4. The van der Waals surface area contributed by atoms with Crippen molar-refractivity contribution in [3.63, 3.8) is 0 Å². The van der Waals surface area contributed by atoms with Crippen LogP contribution in [0.15, 0.2) is 48.7 Å². The van der Waals surface area contributed by atoms with Crippen LogP contribution in [-0.2, 0) is 12.0 Å². The molecule has 2 aromatic carbocycles. The Bertz CT molecular complexity index is 1680. The molecule has 11 heteroatoms. The molecule has 278 valence electrons. The van der Waals surface area contributed by atoms with Crippen LogP contribution in [0.2, 0.25) is 5.02 Å². The molecule has 0 bridgehead atoms. The molecule has 3 aromatic rings. The van der Waals surface area contributed by atoms with E-state index in [1.807, 2.05) is 36.5 Å². The van der Waals surface area contributed by atoms with Crippen LogP contribution in [0.1, 0.15) is 74.8 Å². The molecular weight excluding hydrogens is 693 g/mol. The number of rotatable bonds is 12. The van der Waals surface area contributed by atoms with Gasteiger partial charge in [-0.05, 0) is 125 Å². The molecule has 1 N–H and O–H groups in total. The van der Waals surface area contributed by atoms with Gasteiger partial charge in [0.15, 0.2) is 5.75 Å². The molecule has 0 atom stereocenters. The number of alkyl halides is 1. The number of nitriles is 1. The summed E-state index contributed by atoms with van der Waals surface area (Å²) in [5.41, 5.74) is 3.26. The first-order valence-electron chi connectivity index (χ1n) is 19.2. The van der Waals surface area contributed by atoms with Crippen molar-refractivity contribution in [1.29, 1.82) is 5.26 Å². The van der Waals surface area contributed by atoms with Crippen molar-refractivity contribution in [1.82, 2.24) is 25.1 Å². The van der Waals surface area contributed by atoms with E-state index in [0.717, 1.165) is 53.6 Å². The van der Waals surface area contributed by atoms with Gasteiger partial charge in [0.1, 0.15) is 25.0 Å². The van der Waals surface area contributed by atoms with Crippen molar-refractivity contribution in [2.75, 3.05) is 76.3 Å². The van der Waals surface area contributed by atoms with Crippen molar-refractivity contribution in [3.05, 3.63) is 76.1 Å². The number of likely N-dealkylation sites (tertiary alicyclic amines) is 2. The fraction of sp³-hybridized carbons (Fsp3) is 0.585. The highest BCUT2D eigenvalue weighted by Crippen LogP contribution is 2.43. The second kappa shape index (κ2) is 16.5. The zero-order chi connectivity index (χ0) is 36.1. The van der Waals surface area contributed by atoms with E-state index in [0.29, 0.717) is 34.2 Å². The molecule has 1 aromatic heterocycles. The smallest absolute Gasteiger partial charge is 0.225 e. The number of hydrogen-bond donors (Lipinski definition) is 1. The average Bonchev–Trinajstić information content (AvgIpc) is 3.16. The lowest BCUT2D eigenvalue weighted by molar-refractivity contribution is 0.0261. The van der Waals surface area contributed by atoms with Crippen molar-refractivity contribution in [3.8, 4) is 17.6 Å². The Morgan fingerprint density at radius 2 is 1.69 bits per heavy atom. The average molecular weight is 747 g/mol. The highest BCUT2D eigenvalue weighted by Gasteiger charge is 2.46. The molecule has 4 fully saturated rings. The van der Waals surface area contributed by atoms with E-state index < -0.39 is 5.41 Å². The zero-order valence-corrected chi connectivity index (χ0v) is 32.3. The molecule has 4 aliphatic rings. The Kier molecular flexibility index (Phi) is 11.8. The SMILES string of the molecule is CC(C)(c1ccc(OCc2ccnc(N3CC4(CCN(C5CCN(CC6CCNCC6)CC5)CC4)C3)n2)cc1)c1cc(Cl)c(OCCCl)c(C#N)c1. The molecule has 0 unspecified atom stereocenters. The Labute approximate surface area is 319 Å². The van der Waals surface area contributed by atoms with Gasteiger partial charge in [-0.15, -0.1) is 11.6 Å². The van der Waals surface area contributed by atoms with Crippen LogP contribution in [0.25, 0.3) is 0 Å². The Morgan fingerprint density at radius 3 is 2.38 bits per heavy atom. The van der Waals surface area contributed by atoms with Crippen molar-refractivity contribution >= 4 is 29.2 Å². The van der Waals surface area contributed by atoms with Gasteiger partial charge < -0.3 is 29.5 Å². The van der Waals surface area contributed by atoms with E-state index in [1.165, 1.54) is 84.3 Å². The molecule has 0 amide bonds. The molecule has 9 nitrogen and oxygen atoms in total. The Hall–Kier alpha value is -3.13. The van der Waals surface area contributed by atoms with Crippen molar-refractivity contribution in [2.45, 2.75) is 70.4 Å². The first-order chi connectivity index (χ1) is 25.2. The van der Waals surface area contributed by atoms with E-state index >= 15 is 0 Å². The second-order valence-corrected chi connectivity index (χ2v) is 16.7. The molecular formula is C41H53Cl2N7O2. The minimum Gasteiger partial charge on any atom is -0.489 e. The zero-order valence-electron chi connectivity index (χ0n) is 30.8. The third-order valence-corrected chi connectivity index (χ3v) is 12.6. The summed E-state index contributed by atoms with van der Waals surface area (Å²) in [5.74, 6) is 3.16. The van der Waals surface area contributed by atoms with E-state index in [-0.39, 0.29) is 6.61 Å². The van der Waals surface area contributed by atoms with Crippen molar-refractivity contribution < 1.29 is 9.47 Å². The van der Waals surface area contributed by atoms with Gasteiger partial charge in [0.25, 0.3) is 0 Å². The number of anilines is 1. The van der Waals surface area contributed by atoms with Gasteiger partial charge in [0, 0.05) is 42.7 Å². The van der Waals surface area contributed by atoms with E-state index in [4.69, 9.17) is 37.7 Å². The van der Waals surface area contributed by atoms with Crippen LogP contribution in [0, 0.1) is 22.7 Å². The lowest BCUT2D eigenvalue weighted by Crippen LogP contribution is -2.62. The van der Waals surface area contributed by atoms with Crippen LogP contribution >= 0.6 is 23.2 Å². The van der Waals surface area contributed by atoms with Gasteiger partial charge in [0.2, 0.25) is 5.95 Å². The van der Waals surface area contributed by atoms with Gasteiger partial charge in [-0.3, -0.25) is 0 Å². The third-order valence-electron chi connectivity index (χ3n) is 12.1. The number of nitrogens with zero attached hydrogens (tertiary/aromatic N) is 6. The fourth-order valence-electron chi connectivity index (χ4n) is 8.71. The summed E-state index contributed by atoms with van der Waals surface area (Å²) in [5, 5.41) is 13.7. The van der Waals surface area contributed by atoms with Crippen LogP contribution in [0.3, 0.4) is 0 Å². The predicted molar refractivity (Wildman–Crippen MR) is 208 cm³/mol. The summed E-state index contributed by atoms with van der Waals surface area (Å²) < 4.78 is 11.8. The number of hydrogen-bond acceptors (Lipinski definition) is 9. The highest BCUT2D eigenvalue weighted by atomic mass is 35.5. The van der Waals surface area contributed by atoms with Gasteiger partial charge in [-0.2, -0.15) is 5.26 Å². The third kappa shape index (κ3) is 8.48. The van der Waals surface area contributed by atoms with Crippen LogP contribution in [0.4, 0.5) is 5.95 Å². The summed E-state index contributed by atoms with van der Waals surface area (Å²) in [6, 6.07) is 16.7. The first-order valence-corrected chi connectivity index (χ1v) is 20.1. The van der Waals surface area contributed by atoms with Crippen LogP contribution in [-0.4, -0.2) is 97.2 Å². The predicted octanol–water partition coefficient (Wildman–Crippen LogP) is 6.89. The number of piperidine rings is 3. The molecule has 0 radical (unpaired) electrons. The molecule has 4 aliphatic heterocycles. The Balaban J connectivity index is 0.872. The number of aromatic nitrogens is 2. The standard InChI is InChI=1S/C41H53Cl2N7O2/c1-40(2,33-23-31(25-44)38(37(43)24-33)51-22-14-42)32-3-5-36(6-4-32)52-27-34-9-17-46-39(47-34)50-28-41(29-50)12-20-49(21-13-41)35-10-18-48(19-11-35)26-30-7-15-45-16-8-30/h3-6,9,17,23-24,30,35,45H,7-8,10-16,18-22,26-29H2,1-2H3. The van der Waals surface area contributed by atoms with Crippen molar-refractivity contribution in [2.24, 2.45) is 11.3 Å². The van der Waals surface area contributed by atoms with Gasteiger partial charge in [-0.25, -0.2) is 9.97 Å². The molecule has 0 aliphatic carbocycles. The van der Waals surface area contributed by atoms with E-state index in [9.17, 15) is 5.26 Å². The van der Waals surface area contributed by atoms with Gasteiger partial charge >= 0.3 is 0 Å². The van der Waals surface area contributed by atoms with E-state index in [2.05, 4.69) is 57.0 Å². The van der Waals surface area contributed by atoms with Crippen LogP contribution in [0.5, 0.6) is 11.5 Å². The lowest BCUT2D eigenvalue weighted by Gasteiger charge is -2.55. The molecule has 0 saturated carbocycles. The molecule has 5 heterocycles. The fourth-order valence-corrected chi connectivity index (χ4v) is 9.07. The largest absolute Gasteiger partial charge is 0.489 e. The number of halogens is 2. The first kappa shape index (κ1) is 37.2. The highest BCUT2D eigenvalue weighted by molar-refractivity contribution is 6.32. The quantitative estimate of drug-likeness (QED) is 0.199. The minimum atomic E-state index is -0.407. The Morgan fingerprint density at radius 1 is 0.962 bits per heavy atom. The molecule has 7 rings (SSSR count). The van der Waals surface area contributed by atoms with Gasteiger partial charge in [-0.1, -0.05) is 37.6 Å². The number of nitrogens with one attached hydrogen (secondary N) is 1. The summed E-state index contributed by atoms with van der Waals surface area (Å²) in [6.45, 7) is 15.7. The van der Waals surface area contributed by atoms with E-state index in [1.54, 1.807) is 0 Å². The summed E-state index contributed by atoms with van der Waals surface area (Å²) >= 11 is 12.3. The summed E-state index contributed by atoms with van der Waals surface area (Å²) in [7, 11) is 0. The topological polar surface area (TPSA) is 89.8 Å². The maximum absolute atomic E-state index is 9.75. The summed E-state index contributed by atoms with van der Waals surface area (Å²) in [6.07, 6.45) is 9.74. The molecule has 1 spiro atoms. The normalized spacial score (nSPS) is 20.4. The maximum Gasteiger partial charge on any atom is 0.225 e. The minimum absolute atomic E-state index is 0.285. The molecule has 52 heavy (non-hydrogen) atoms. The second-order valence-electron chi connectivity index (χ2n) is 15.9. The number of ether oxygens (including phenoxy) is 2. The van der Waals surface area contributed by atoms with Gasteiger partial charge in [0.05, 0.1) is 22.2 Å². The van der Waals surface area contributed by atoms with Crippen LogP contribution < -0.4 is 19.7 Å². The maximum atomic E-state index is 9.75.